The van der Waals surface area contributed by atoms with Crippen molar-refractivity contribution < 1.29 is 4.52 Å². The van der Waals surface area contributed by atoms with Crippen LogP contribution in [0.25, 0.3) is 11.4 Å². The topological polar surface area (TPSA) is 38.9 Å². The van der Waals surface area contributed by atoms with Gasteiger partial charge >= 0.3 is 0 Å². The zero-order valence-electron chi connectivity index (χ0n) is 14.1. The van der Waals surface area contributed by atoms with Crippen molar-refractivity contribution in [3.63, 3.8) is 0 Å². The Hall–Kier alpha value is -2.07. The normalized spacial score (nSPS) is 21.6. The van der Waals surface area contributed by atoms with Crippen LogP contribution in [0.1, 0.15) is 37.1 Å². The fraction of sp³-hybridized carbons (Fsp3) is 0.300. The van der Waals surface area contributed by atoms with E-state index in [0.29, 0.717) is 11.7 Å². The fourth-order valence-corrected chi connectivity index (χ4v) is 4.01. The molecule has 0 amide bonds. The second-order valence-corrected chi connectivity index (χ2v) is 7.75. The van der Waals surface area contributed by atoms with Gasteiger partial charge in [0, 0.05) is 16.4 Å². The summed E-state index contributed by atoms with van der Waals surface area (Å²) in [7, 11) is 0. The molecule has 0 aliphatic heterocycles. The molecule has 1 aliphatic rings. The lowest BCUT2D eigenvalue weighted by Crippen LogP contribution is -1.91. The predicted octanol–water partition coefficient (Wildman–Crippen LogP) is 5.37. The summed E-state index contributed by atoms with van der Waals surface area (Å²) in [4.78, 5) is 5.96. The minimum absolute atomic E-state index is 0.140. The third-order valence-corrected chi connectivity index (χ3v) is 5.79. The van der Waals surface area contributed by atoms with E-state index in [1.54, 1.807) is 11.8 Å². The first-order valence-corrected chi connectivity index (χ1v) is 9.36. The highest BCUT2D eigenvalue weighted by molar-refractivity contribution is 7.98. The van der Waals surface area contributed by atoms with E-state index >= 15 is 0 Å². The van der Waals surface area contributed by atoms with Gasteiger partial charge in [-0.1, -0.05) is 61.5 Å². The second-order valence-electron chi connectivity index (χ2n) is 6.87. The summed E-state index contributed by atoms with van der Waals surface area (Å²) in [6.07, 6.45) is 2.10. The standard InChI is InChI=1S/C20H20N2OS/c1-20(2)16(13-9-11-15(24-3)12-10-13)17(20)19-21-18(22-23-19)14-7-5-4-6-8-14/h4-12,16-17H,1-3H3/t16-,17+/m1/s1. The van der Waals surface area contributed by atoms with Crippen molar-refractivity contribution in [1.29, 1.82) is 0 Å². The van der Waals surface area contributed by atoms with Gasteiger partial charge in [0.1, 0.15) is 0 Å². The molecule has 1 aromatic heterocycles. The largest absolute Gasteiger partial charge is 0.339 e. The highest BCUT2D eigenvalue weighted by Crippen LogP contribution is 2.69. The van der Waals surface area contributed by atoms with Crippen LogP contribution in [-0.4, -0.2) is 16.4 Å². The molecule has 0 N–H and O–H groups in total. The average molecular weight is 336 g/mol. The van der Waals surface area contributed by atoms with Crippen LogP contribution < -0.4 is 0 Å². The van der Waals surface area contributed by atoms with Gasteiger partial charge in [-0.15, -0.1) is 11.8 Å². The Bertz CT molecular complexity index is 840. The molecule has 0 bridgehead atoms. The summed E-state index contributed by atoms with van der Waals surface area (Å²) in [6, 6.07) is 18.8. The van der Waals surface area contributed by atoms with Crippen LogP contribution in [0.5, 0.6) is 0 Å². The summed E-state index contributed by atoms with van der Waals surface area (Å²) >= 11 is 1.77. The molecule has 3 nitrogen and oxygen atoms in total. The van der Waals surface area contributed by atoms with Gasteiger partial charge in [-0.25, -0.2) is 0 Å². The zero-order chi connectivity index (χ0) is 16.7. The number of thioether (sulfide) groups is 1. The van der Waals surface area contributed by atoms with E-state index in [2.05, 4.69) is 54.5 Å². The first-order valence-electron chi connectivity index (χ1n) is 8.14. The molecule has 1 aliphatic carbocycles. The second kappa shape index (κ2) is 5.78. The zero-order valence-corrected chi connectivity index (χ0v) is 14.9. The van der Waals surface area contributed by atoms with E-state index in [0.717, 1.165) is 11.5 Å². The van der Waals surface area contributed by atoms with Gasteiger partial charge in [-0.2, -0.15) is 4.98 Å². The van der Waals surface area contributed by atoms with Crippen LogP contribution in [-0.2, 0) is 0 Å². The molecule has 4 rings (SSSR count). The van der Waals surface area contributed by atoms with E-state index in [1.807, 2.05) is 30.3 Å². The Labute approximate surface area is 146 Å². The first-order chi connectivity index (χ1) is 11.6. The van der Waals surface area contributed by atoms with Gasteiger partial charge < -0.3 is 4.52 Å². The van der Waals surface area contributed by atoms with E-state index in [1.165, 1.54) is 10.5 Å². The summed E-state index contributed by atoms with van der Waals surface area (Å²) in [5.41, 5.74) is 2.48. The maximum atomic E-state index is 5.61. The Morgan fingerprint density at radius 1 is 0.958 bits per heavy atom. The van der Waals surface area contributed by atoms with Crippen LogP contribution in [0.2, 0.25) is 0 Å². The van der Waals surface area contributed by atoms with Crippen molar-refractivity contribution in [3.8, 4) is 11.4 Å². The molecule has 122 valence electrons. The molecule has 1 heterocycles. The van der Waals surface area contributed by atoms with E-state index in [4.69, 9.17) is 4.52 Å². The number of benzene rings is 2. The van der Waals surface area contributed by atoms with Gasteiger partial charge in [-0.3, -0.25) is 0 Å². The molecule has 2 aromatic carbocycles. The SMILES string of the molecule is CSc1ccc([C@@H]2[C@@H](c3nc(-c4ccccc4)no3)C2(C)C)cc1. The van der Waals surface area contributed by atoms with Crippen molar-refractivity contribution >= 4 is 11.8 Å². The van der Waals surface area contributed by atoms with Crippen molar-refractivity contribution in [2.45, 2.75) is 30.6 Å². The van der Waals surface area contributed by atoms with Crippen molar-refractivity contribution in [1.82, 2.24) is 10.1 Å². The highest BCUT2D eigenvalue weighted by atomic mass is 32.2. The Morgan fingerprint density at radius 2 is 1.67 bits per heavy atom. The van der Waals surface area contributed by atoms with E-state index in [-0.39, 0.29) is 11.3 Å². The number of hydrogen-bond donors (Lipinski definition) is 0. The molecule has 0 saturated heterocycles. The molecule has 0 unspecified atom stereocenters. The van der Waals surface area contributed by atoms with Crippen LogP contribution in [0.3, 0.4) is 0 Å². The lowest BCUT2D eigenvalue weighted by Gasteiger charge is -2.03. The van der Waals surface area contributed by atoms with Gasteiger partial charge in [0.25, 0.3) is 0 Å². The molecule has 0 spiro atoms. The molecule has 3 aromatic rings. The molecule has 0 radical (unpaired) electrons. The maximum Gasteiger partial charge on any atom is 0.231 e. The predicted molar refractivity (Wildman–Crippen MR) is 97.2 cm³/mol. The molecular weight excluding hydrogens is 316 g/mol. The third-order valence-electron chi connectivity index (χ3n) is 5.04. The van der Waals surface area contributed by atoms with Crippen molar-refractivity contribution in [2.24, 2.45) is 5.41 Å². The summed E-state index contributed by atoms with van der Waals surface area (Å²) < 4.78 is 5.61. The van der Waals surface area contributed by atoms with Crippen molar-refractivity contribution in [2.75, 3.05) is 6.26 Å². The lowest BCUT2D eigenvalue weighted by atomic mass is 10.0. The summed E-state index contributed by atoms with van der Waals surface area (Å²) in [5.74, 6) is 2.13. The third kappa shape index (κ3) is 2.55. The first kappa shape index (κ1) is 15.5. The number of rotatable bonds is 4. The minimum Gasteiger partial charge on any atom is -0.339 e. The Kier molecular flexibility index (Phi) is 3.72. The molecule has 4 heteroatoms. The fourth-order valence-electron chi connectivity index (χ4n) is 3.60. The molecule has 1 saturated carbocycles. The molecule has 2 atom stereocenters. The van der Waals surface area contributed by atoms with Gasteiger partial charge in [0.15, 0.2) is 0 Å². The monoisotopic (exact) mass is 336 g/mol. The molecular formula is C20H20N2OS. The Morgan fingerprint density at radius 3 is 2.33 bits per heavy atom. The molecule has 24 heavy (non-hydrogen) atoms. The lowest BCUT2D eigenvalue weighted by molar-refractivity contribution is 0.368. The quantitative estimate of drug-likeness (QED) is 0.601. The minimum atomic E-state index is 0.140. The smallest absolute Gasteiger partial charge is 0.231 e. The van der Waals surface area contributed by atoms with Crippen LogP contribution >= 0.6 is 11.8 Å². The van der Waals surface area contributed by atoms with E-state index in [9.17, 15) is 0 Å². The van der Waals surface area contributed by atoms with Crippen molar-refractivity contribution in [3.05, 3.63) is 66.1 Å². The Balaban J connectivity index is 1.61. The number of hydrogen-bond acceptors (Lipinski definition) is 4. The van der Waals surface area contributed by atoms with Crippen LogP contribution in [0.4, 0.5) is 0 Å². The average Bonchev–Trinajstić information content (AvgIpc) is 2.97. The van der Waals surface area contributed by atoms with Gasteiger partial charge in [0.2, 0.25) is 11.7 Å². The summed E-state index contributed by atoms with van der Waals surface area (Å²) in [6.45, 7) is 4.55. The maximum absolute atomic E-state index is 5.61. The highest BCUT2D eigenvalue weighted by Gasteiger charge is 2.61. The van der Waals surface area contributed by atoms with Gasteiger partial charge in [0.05, 0.1) is 5.92 Å². The van der Waals surface area contributed by atoms with E-state index < -0.39 is 0 Å². The van der Waals surface area contributed by atoms with Crippen LogP contribution in [0.15, 0.2) is 64.0 Å². The number of aromatic nitrogens is 2. The number of nitrogens with zero attached hydrogens (tertiary/aromatic N) is 2. The van der Waals surface area contributed by atoms with Crippen LogP contribution in [0, 0.1) is 5.41 Å². The van der Waals surface area contributed by atoms with Gasteiger partial charge in [-0.05, 0) is 29.4 Å². The summed E-state index contributed by atoms with van der Waals surface area (Å²) in [5, 5.41) is 4.18. The molecule has 1 fully saturated rings.